The Hall–Kier alpha value is -3.56. The minimum Gasteiger partial charge on any atom is -0.453 e. The maximum atomic E-state index is 12.1. The molecule has 0 unspecified atom stereocenters. The van der Waals surface area contributed by atoms with E-state index in [1.54, 1.807) is 45.2 Å². The molecule has 0 aromatic carbocycles. The molecular formula is C17H19N5O5. The van der Waals surface area contributed by atoms with Crippen LogP contribution in [0.25, 0.3) is 16.8 Å². The van der Waals surface area contributed by atoms with E-state index in [1.807, 2.05) is 0 Å². The maximum Gasteiger partial charge on any atom is 0.414 e. The molecular weight excluding hydrogens is 354 g/mol. The highest BCUT2D eigenvalue weighted by Gasteiger charge is 2.21. The Bertz CT molecular complexity index is 985. The average Bonchev–Trinajstić information content (AvgIpc) is 3.21. The molecule has 0 aliphatic carbocycles. The van der Waals surface area contributed by atoms with Crippen LogP contribution >= 0.6 is 0 Å². The van der Waals surface area contributed by atoms with E-state index in [2.05, 4.69) is 25.5 Å². The van der Waals surface area contributed by atoms with Crippen molar-refractivity contribution >= 4 is 29.5 Å². The molecule has 3 aromatic heterocycles. The van der Waals surface area contributed by atoms with Gasteiger partial charge in [-0.3, -0.25) is 10.6 Å². The number of nitrogens with one attached hydrogen (secondary N) is 2. The molecule has 27 heavy (non-hydrogen) atoms. The number of ether oxygens (including phenoxy) is 2. The molecule has 0 aliphatic heterocycles. The number of carbonyl (C=O) groups is 2. The highest BCUT2D eigenvalue weighted by Crippen LogP contribution is 2.32. The molecule has 10 heteroatoms. The van der Waals surface area contributed by atoms with E-state index in [1.165, 1.54) is 17.9 Å². The molecule has 0 atom stereocenters. The molecule has 0 radical (unpaired) electrons. The summed E-state index contributed by atoms with van der Waals surface area (Å²) in [5.74, 6) is 0.194. The standard InChI is InChI=1S/C17H19N5O5/c1-17(2,3)27-16(24)19-13-10(7-9-26-13)12-11-6-5-8-22(11)21-14(18-12)20-15(23)25-4/h5-9H,1-4H3,(H,19,24)(H,20,21,23). The summed E-state index contributed by atoms with van der Waals surface area (Å²) in [6.07, 6.45) is 1.75. The Morgan fingerprint density at radius 2 is 1.96 bits per heavy atom. The Kier molecular flexibility index (Phi) is 4.72. The quantitative estimate of drug-likeness (QED) is 0.720. The van der Waals surface area contributed by atoms with Crippen molar-refractivity contribution in [1.82, 2.24) is 14.6 Å². The second-order valence-corrected chi connectivity index (χ2v) is 6.53. The van der Waals surface area contributed by atoms with Gasteiger partial charge in [0, 0.05) is 6.20 Å². The molecule has 0 fully saturated rings. The lowest BCUT2D eigenvalue weighted by atomic mass is 10.2. The lowest BCUT2D eigenvalue weighted by Crippen LogP contribution is -2.27. The minimum absolute atomic E-state index is 0.0324. The zero-order valence-electron chi connectivity index (χ0n) is 15.3. The molecule has 0 spiro atoms. The average molecular weight is 373 g/mol. The predicted molar refractivity (Wildman–Crippen MR) is 96.6 cm³/mol. The van der Waals surface area contributed by atoms with Crippen LogP contribution < -0.4 is 10.6 Å². The number of anilines is 2. The van der Waals surface area contributed by atoms with Crippen molar-refractivity contribution in [2.75, 3.05) is 17.7 Å². The number of amides is 2. The van der Waals surface area contributed by atoms with Gasteiger partial charge in [-0.05, 0) is 39.0 Å². The van der Waals surface area contributed by atoms with Gasteiger partial charge < -0.3 is 13.9 Å². The van der Waals surface area contributed by atoms with E-state index in [0.717, 1.165) is 0 Å². The first kappa shape index (κ1) is 18.2. The van der Waals surface area contributed by atoms with E-state index in [9.17, 15) is 9.59 Å². The van der Waals surface area contributed by atoms with Gasteiger partial charge in [-0.2, -0.15) is 0 Å². The van der Waals surface area contributed by atoms with Gasteiger partial charge in [0.1, 0.15) is 11.3 Å². The van der Waals surface area contributed by atoms with Crippen LogP contribution in [0.3, 0.4) is 0 Å². The van der Waals surface area contributed by atoms with Gasteiger partial charge in [0.2, 0.25) is 5.88 Å². The van der Waals surface area contributed by atoms with E-state index < -0.39 is 17.8 Å². The van der Waals surface area contributed by atoms with Gasteiger partial charge in [-0.1, -0.05) is 0 Å². The summed E-state index contributed by atoms with van der Waals surface area (Å²) in [4.78, 5) is 27.9. The summed E-state index contributed by atoms with van der Waals surface area (Å²) < 4.78 is 16.7. The zero-order chi connectivity index (χ0) is 19.6. The Balaban J connectivity index is 1.98. The molecule has 2 amide bonds. The number of hydrogen-bond donors (Lipinski definition) is 2. The van der Waals surface area contributed by atoms with Crippen LogP contribution in [0.1, 0.15) is 20.8 Å². The number of hydrogen-bond acceptors (Lipinski definition) is 7. The van der Waals surface area contributed by atoms with Crippen LogP contribution in [0.15, 0.2) is 35.1 Å². The predicted octanol–water partition coefficient (Wildman–Crippen LogP) is 3.51. The van der Waals surface area contributed by atoms with Crippen molar-refractivity contribution < 1.29 is 23.5 Å². The Labute approximate surface area is 154 Å². The summed E-state index contributed by atoms with van der Waals surface area (Å²) in [6, 6.07) is 5.21. The molecule has 2 N–H and O–H groups in total. The first-order valence-corrected chi connectivity index (χ1v) is 8.05. The summed E-state index contributed by atoms with van der Waals surface area (Å²) in [6.45, 7) is 5.28. The third kappa shape index (κ3) is 4.17. The van der Waals surface area contributed by atoms with Gasteiger partial charge in [-0.25, -0.2) is 19.1 Å². The van der Waals surface area contributed by atoms with Gasteiger partial charge >= 0.3 is 12.2 Å². The number of aromatic nitrogens is 3. The van der Waals surface area contributed by atoms with Crippen LogP contribution in [0.5, 0.6) is 0 Å². The van der Waals surface area contributed by atoms with E-state index in [-0.39, 0.29) is 11.8 Å². The molecule has 142 valence electrons. The number of methoxy groups -OCH3 is 1. The number of carbonyl (C=O) groups excluding carboxylic acids is 2. The van der Waals surface area contributed by atoms with Gasteiger partial charge in [0.05, 0.1) is 24.5 Å². The van der Waals surface area contributed by atoms with Crippen molar-refractivity contribution in [3.8, 4) is 11.3 Å². The fourth-order valence-corrected chi connectivity index (χ4v) is 2.32. The normalized spacial score (nSPS) is 11.3. The second-order valence-electron chi connectivity index (χ2n) is 6.53. The number of fused-ring (bicyclic) bond motifs is 1. The Morgan fingerprint density at radius 1 is 1.19 bits per heavy atom. The van der Waals surface area contributed by atoms with Crippen LogP contribution in [0.2, 0.25) is 0 Å². The summed E-state index contributed by atoms with van der Waals surface area (Å²) >= 11 is 0. The van der Waals surface area contributed by atoms with E-state index in [0.29, 0.717) is 16.8 Å². The van der Waals surface area contributed by atoms with Crippen molar-refractivity contribution in [2.45, 2.75) is 26.4 Å². The fraction of sp³-hybridized carbons (Fsp3) is 0.294. The highest BCUT2D eigenvalue weighted by molar-refractivity contribution is 5.92. The highest BCUT2D eigenvalue weighted by atomic mass is 16.6. The van der Waals surface area contributed by atoms with E-state index >= 15 is 0 Å². The van der Waals surface area contributed by atoms with Crippen LogP contribution in [0.4, 0.5) is 21.4 Å². The number of rotatable bonds is 3. The van der Waals surface area contributed by atoms with E-state index in [4.69, 9.17) is 9.15 Å². The van der Waals surface area contributed by atoms with Crippen molar-refractivity contribution in [3.05, 3.63) is 30.7 Å². The third-order valence-corrected chi connectivity index (χ3v) is 3.33. The topological polar surface area (TPSA) is 120 Å². The first-order chi connectivity index (χ1) is 12.8. The van der Waals surface area contributed by atoms with Crippen LogP contribution in [-0.2, 0) is 9.47 Å². The molecule has 10 nitrogen and oxygen atoms in total. The summed E-state index contributed by atoms with van der Waals surface area (Å²) in [7, 11) is 1.24. The van der Waals surface area contributed by atoms with Gasteiger partial charge in [0.15, 0.2) is 0 Å². The SMILES string of the molecule is COC(=O)Nc1nc(-c2ccoc2NC(=O)OC(C)(C)C)c2cccn2n1. The Morgan fingerprint density at radius 3 is 2.67 bits per heavy atom. The maximum absolute atomic E-state index is 12.1. The molecule has 0 saturated carbocycles. The summed E-state index contributed by atoms with van der Waals surface area (Å²) in [5.41, 5.74) is 0.943. The minimum atomic E-state index is -0.702. The number of furan rings is 1. The lowest BCUT2D eigenvalue weighted by molar-refractivity contribution is 0.0632. The fourth-order valence-electron chi connectivity index (χ4n) is 2.32. The third-order valence-electron chi connectivity index (χ3n) is 3.33. The lowest BCUT2D eigenvalue weighted by Gasteiger charge is -2.19. The molecule has 0 saturated heterocycles. The van der Waals surface area contributed by atoms with Crippen molar-refractivity contribution in [2.24, 2.45) is 0 Å². The van der Waals surface area contributed by atoms with Crippen molar-refractivity contribution in [3.63, 3.8) is 0 Å². The molecule has 3 heterocycles. The molecule has 0 bridgehead atoms. The molecule has 0 aliphatic rings. The summed E-state index contributed by atoms with van der Waals surface area (Å²) in [5, 5.41) is 9.17. The van der Waals surface area contributed by atoms with Crippen LogP contribution in [0, 0.1) is 0 Å². The molecule has 3 aromatic rings. The number of nitrogens with zero attached hydrogens (tertiary/aromatic N) is 3. The van der Waals surface area contributed by atoms with Gasteiger partial charge in [0.25, 0.3) is 5.95 Å². The van der Waals surface area contributed by atoms with Crippen molar-refractivity contribution in [1.29, 1.82) is 0 Å². The smallest absolute Gasteiger partial charge is 0.414 e. The monoisotopic (exact) mass is 373 g/mol. The van der Waals surface area contributed by atoms with Gasteiger partial charge in [-0.15, -0.1) is 5.10 Å². The largest absolute Gasteiger partial charge is 0.453 e. The zero-order valence-corrected chi connectivity index (χ0v) is 15.3. The molecule has 3 rings (SSSR count). The van der Waals surface area contributed by atoms with Crippen LogP contribution in [-0.4, -0.2) is 39.5 Å². The second kappa shape index (κ2) is 6.98. The first-order valence-electron chi connectivity index (χ1n) is 8.05.